The molecule has 4 nitrogen and oxygen atoms in total. The molecule has 128 valence electrons. The Labute approximate surface area is 147 Å². The van der Waals surface area contributed by atoms with Crippen LogP contribution in [0.4, 0.5) is 0 Å². The van der Waals surface area contributed by atoms with E-state index in [1.807, 2.05) is 30.3 Å². The number of para-hydroxylation sites is 1. The molecule has 3 rings (SSSR count). The van der Waals surface area contributed by atoms with Crippen molar-refractivity contribution in [1.82, 2.24) is 10.3 Å². The van der Waals surface area contributed by atoms with Gasteiger partial charge in [-0.1, -0.05) is 37.5 Å². The Hall–Kier alpha value is -1.88. The average molecular weight is 344 g/mol. The Morgan fingerprint density at radius 3 is 2.79 bits per heavy atom. The number of carbonyl (C=O) groups is 1. The number of rotatable bonds is 6. The number of nitrogens with one attached hydrogen (secondary N) is 1. The molecule has 1 saturated carbocycles. The van der Waals surface area contributed by atoms with Gasteiger partial charge in [0.25, 0.3) is 5.91 Å². The summed E-state index contributed by atoms with van der Waals surface area (Å²) >= 11 is 1.63. The minimum atomic E-state index is -0.523. The van der Waals surface area contributed by atoms with E-state index in [0.29, 0.717) is 18.2 Å². The first-order valence-corrected chi connectivity index (χ1v) is 9.54. The Balaban J connectivity index is 1.48. The fourth-order valence-electron chi connectivity index (χ4n) is 3.06. The minimum Gasteiger partial charge on any atom is -0.481 e. The van der Waals surface area contributed by atoms with Crippen LogP contribution < -0.4 is 10.1 Å². The summed E-state index contributed by atoms with van der Waals surface area (Å²) in [5.41, 5.74) is 1.21. The third-order valence-corrected chi connectivity index (χ3v) is 5.30. The molecule has 0 radical (unpaired) electrons. The van der Waals surface area contributed by atoms with Gasteiger partial charge in [0.1, 0.15) is 10.8 Å². The lowest BCUT2D eigenvalue weighted by Gasteiger charge is -2.19. The quantitative estimate of drug-likeness (QED) is 0.851. The van der Waals surface area contributed by atoms with Gasteiger partial charge in [0.15, 0.2) is 6.10 Å². The second-order valence-electron chi connectivity index (χ2n) is 6.29. The van der Waals surface area contributed by atoms with Gasteiger partial charge in [0, 0.05) is 11.3 Å². The van der Waals surface area contributed by atoms with E-state index in [4.69, 9.17) is 9.72 Å². The van der Waals surface area contributed by atoms with E-state index in [0.717, 1.165) is 5.01 Å². The zero-order valence-corrected chi connectivity index (χ0v) is 14.8. The maximum Gasteiger partial charge on any atom is 0.261 e. The van der Waals surface area contributed by atoms with Crippen LogP contribution in [-0.2, 0) is 11.3 Å². The number of hydrogen-bond donors (Lipinski definition) is 1. The lowest BCUT2D eigenvalue weighted by atomic mass is 9.87. The molecule has 24 heavy (non-hydrogen) atoms. The summed E-state index contributed by atoms with van der Waals surface area (Å²) in [5.74, 6) is 1.20. The molecule has 5 heteroatoms. The maximum atomic E-state index is 12.2. The van der Waals surface area contributed by atoms with E-state index < -0.39 is 6.10 Å². The Bertz CT molecular complexity index is 650. The van der Waals surface area contributed by atoms with Crippen LogP contribution in [0.15, 0.2) is 35.7 Å². The summed E-state index contributed by atoms with van der Waals surface area (Å²) in [5, 5.41) is 6.04. The van der Waals surface area contributed by atoms with E-state index in [2.05, 4.69) is 10.7 Å². The summed E-state index contributed by atoms with van der Waals surface area (Å²) in [4.78, 5) is 16.9. The van der Waals surface area contributed by atoms with Crippen molar-refractivity contribution in [2.24, 2.45) is 0 Å². The number of carbonyl (C=O) groups excluding carboxylic acids is 1. The first-order chi connectivity index (χ1) is 11.7. The molecule has 1 aromatic carbocycles. The molecule has 1 atom stereocenters. The lowest BCUT2D eigenvalue weighted by Crippen LogP contribution is -2.35. The molecule has 1 N–H and O–H groups in total. The van der Waals surface area contributed by atoms with Crippen molar-refractivity contribution in [3.63, 3.8) is 0 Å². The van der Waals surface area contributed by atoms with Crippen LogP contribution in [0.2, 0.25) is 0 Å². The molecule has 0 aliphatic heterocycles. The highest BCUT2D eigenvalue weighted by Gasteiger charge is 2.19. The molecule has 2 aromatic rings. The van der Waals surface area contributed by atoms with Crippen LogP contribution in [0.5, 0.6) is 5.75 Å². The largest absolute Gasteiger partial charge is 0.481 e. The van der Waals surface area contributed by atoms with Crippen LogP contribution in [0.1, 0.15) is 55.6 Å². The maximum absolute atomic E-state index is 12.2. The predicted molar refractivity (Wildman–Crippen MR) is 96.3 cm³/mol. The van der Waals surface area contributed by atoms with Crippen molar-refractivity contribution in [3.8, 4) is 5.75 Å². The molecular formula is C19H24N2O2S. The summed E-state index contributed by atoms with van der Waals surface area (Å²) < 4.78 is 5.64. The molecule has 1 heterocycles. The molecule has 0 unspecified atom stereocenters. The average Bonchev–Trinajstić information content (AvgIpc) is 3.10. The molecule has 0 saturated heterocycles. The SMILES string of the molecule is C[C@H](Oc1ccccc1)C(=O)NCc1nc(C2CCCCC2)cs1. The van der Waals surface area contributed by atoms with Gasteiger partial charge in [0.05, 0.1) is 12.2 Å². The van der Waals surface area contributed by atoms with E-state index in [1.54, 1.807) is 18.3 Å². The fourth-order valence-corrected chi connectivity index (χ4v) is 3.87. The Morgan fingerprint density at radius 2 is 2.04 bits per heavy atom. The highest BCUT2D eigenvalue weighted by Crippen LogP contribution is 2.32. The highest BCUT2D eigenvalue weighted by atomic mass is 32.1. The number of hydrogen-bond acceptors (Lipinski definition) is 4. The second-order valence-corrected chi connectivity index (χ2v) is 7.23. The first-order valence-electron chi connectivity index (χ1n) is 8.66. The smallest absolute Gasteiger partial charge is 0.261 e. The summed E-state index contributed by atoms with van der Waals surface area (Å²) in [6.45, 7) is 2.23. The molecule has 0 bridgehead atoms. The third-order valence-electron chi connectivity index (χ3n) is 4.43. The van der Waals surface area contributed by atoms with Crippen molar-refractivity contribution in [1.29, 1.82) is 0 Å². The fraction of sp³-hybridized carbons (Fsp3) is 0.474. The second kappa shape index (κ2) is 8.29. The molecule has 1 aromatic heterocycles. The van der Waals surface area contributed by atoms with Crippen molar-refractivity contribution in [2.45, 2.75) is 57.6 Å². The van der Waals surface area contributed by atoms with Gasteiger partial charge in [-0.2, -0.15) is 0 Å². The van der Waals surface area contributed by atoms with Crippen LogP contribution >= 0.6 is 11.3 Å². The van der Waals surface area contributed by atoms with Gasteiger partial charge in [-0.3, -0.25) is 4.79 Å². The van der Waals surface area contributed by atoms with E-state index in [-0.39, 0.29) is 5.91 Å². The topological polar surface area (TPSA) is 51.2 Å². The number of thiazole rings is 1. The van der Waals surface area contributed by atoms with Crippen LogP contribution in [0.25, 0.3) is 0 Å². The predicted octanol–water partition coefficient (Wildman–Crippen LogP) is 4.27. The molecule has 1 aliphatic carbocycles. The van der Waals surface area contributed by atoms with Crippen molar-refractivity contribution >= 4 is 17.2 Å². The zero-order chi connectivity index (χ0) is 16.8. The molecule has 1 aliphatic rings. The number of aromatic nitrogens is 1. The van der Waals surface area contributed by atoms with Gasteiger partial charge in [-0.25, -0.2) is 4.98 Å². The van der Waals surface area contributed by atoms with Crippen LogP contribution in [0.3, 0.4) is 0 Å². The zero-order valence-electron chi connectivity index (χ0n) is 14.0. The van der Waals surface area contributed by atoms with Crippen LogP contribution in [-0.4, -0.2) is 17.0 Å². The standard InChI is InChI=1S/C19H24N2O2S/c1-14(23-16-10-6-3-7-11-16)19(22)20-12-18-21-17(13-24-18)15-8-4-2-5-9-15/h3,6-7,10-11,13-15H,2,4-5,8-9,12H2,1H3,(H,20,22)/t14-/m0/s1. The van der Waals surface area contributed by atoms with Crippen molar-refractivity contribution in [3.05, 3.63) is 46.4 Å². The van der Waals surface area contributed by atoms with Gasteiger partial charge in [0.2, 0.25) is 0 Å². The van der Waals surface area contributed by atoms with Gasteiger partial charge >= 0.3 is 0 Å². The monoisotopic (exact) mass is 344 g/mol. The number of benzene rings is 1. The van der Waals surface area contributed by atoms with Crippen LogP contribution in [0, 0.1) is 0 Å². The minimum absolute atomic E-state index is 0.117. The van der Waals surface area contributed by atoms with E-state index in [9.17, 15) is 4.79 Å². The third kappa shape index (κ3) is 4.57. The molecule has 1 amide bonds. The number of ether oxygens (including phenoxy) is 1. The summed E-state index contributed by atoms with van der Waals surface area (Å²) in [6.07, 6.45) is 5.94. The lowest BCUT2D eigenvalue weighted by molar-refractivity contribution is -0.127. The van der Waals surface area contributed by atoms with Gasteiger partial charge in [-0.05, 0) is 31.9 Å². The number of nitrogens with zero attached hydrogens (tertiary/aromatic N) is 1. The molecule has 0 spiro atoms. The molecular weight excluding hydrogens is 320 g/mol. The molecule has 1 fully saturated rings. The van der Waals surface area contributed by atoms with Crippen molar-refractivity contribution in [2.75, 3.05) is 0 Å². The van der Waals surface area contributed by atoms with Gasteiger partial charge < -0.3 is 10.1 Å². The van der Waals surface area contributed by atoms with Gasteiger partial charge in [-0.15, -0.1) is 11.3 Å². The first kappa shape index (κ1) is 17.0. The summed E-state index contributed by atoms with van der Waals surface area (Å²) in [6, 6.07) is 9.40. The number of amides is 1. The Kier molecular flexibility index (Phi) is 5.86. The summed E-state index contributed by atoms with van der Waals surface area (Å²) in [7, 11) is 0. The Morgan fingerprint density at radius 1 is 1.29 bits per heavy atom. The van der Waals surface area contributed by atoms with Crippen molar-refractivity contribution < 1.29 is 9.53 Å². The normalized spacial score (nSPS) is 16.5. The van der Waals surface area contributed by atoms with E-state index >= 15 is 0 Å². The highest BCUT2D eigenvalue weighted by molar-refractivity contribution is 7.09. The van der Waals surface area contributed by atoms with E-state index in [1.165, 1.54) is 37.8 Å².